The van der Waals surface area contributed by atoms with Gasteiger partial charge in [-0.05, 0) is 169 Å². The molecule has 3 N–H and O–H groups in total. The third kappa shape index (κ3) is 25.9. The van der Waals surface area contributed by atoms with Crippen LogP contribution in [0.15, 0.2) is 361 Å². The number of ether oxygens (including phenoxy) is 3. The van der Waals surface area contributed by atoms with Gasteiger partial charge in [-0.15, -0.1) is 35.3 Å². The number of rotatable bonds is 43. The molecule has 0 radical (unpaired) electrons. The van der Waals surface area contributed by atoms with Crippen LogP contribution in [-0.2, 0) is 28.6 Å². The summed E-state index contributed by atoms with van der Waals surface area (Å²) in [6, 6.07) is 114. The Kier molecular flexibility index (Phi) is 32.1. The van der Waals surface area contributed by atoms with Gasteiger partial charge in [0.05, 0.1) is 96.3 Å². The summed E-state index contributed by atoms with van der Waals surface area (Å²) < 4.78 is 17.8. The molecule has 12 aromatic rings. The van der Waals surface area contributed by atoms with Crippen LogP contribution in [-0.4, -0.2) is 144 Å². The molecule has 117 heavy (non-hydrogen) atoms. The molecular formula is C96H95N9O9S3. The molecule has 12 aromatic carbocycles. The standard InChI is InChI=1S/C96H95N9O9S3/c1-2-96(72-112-93(109)69-115-66-90(106)63-100(78-30-12-3-13-31-78)97-60-75-48-54-87(55-49-75)103(81-36-18-6-19-37-81)82-38-20-7-21-39-82,73-113-94(110)70-116-67-91(107)64-101(79-32-14-4-15-33-79)98-61-76-50-56-88(57-51-76)104(83-40-22-8-23-41-83)84-42-24-9-25-43-84)74-114-95(111)71-117-68-92(108)65-102(80-34-16-5-17-35-80)99-62-77-52-58-89(59-53-77)105(85-44-26-10-27-45-85)86-46-28-11-29-47-86/h3-62,90-92,106-108H,2,63-74H2,1H3. The first kappa shape index (κ1) is 84.2. The summed E-state index contributed by atoms with van der Waals surface area (Å²) in [7, 11) is 0. The van der Waals surface area contributed by atoms with Gasteiger partial charge in [0.15, 0.2) is 0 Å². The first-order valence-corrected chi connectivity index (χ1v) is 42.2. The third-order valence-electron chi connectivity index (χ3n) is 18.9. The molecule has 3 atom stereocenters. The lowest BCUT2D eigenvalue weighted by Crippen LogP contribution is -2.39. The van der Waals surface area contributed by atoms with Gasteiger partial charge in [-0.3, -0.25) is 29.4 Å². The van der Waals surface area contributed by atoms with E-state index in [9.17, 15) is 29.7 Å². The molecule has 0 heterocycles. The van der Waals surface area contributed by atoms with Crippen LogP contribution in [0.4, 0.5) is 68.2 Å². The zero-order valence-electron chi connectivity index (χ0n) is 65.1. The van der Waals surface area contributed by atoms with E-state index in [1.54, 1.807) is 33.7 Å². The van der Waals surface area contributed by atoms with Crippen LogP contribution >= 0.6 is 35.3 Å². The number of anilines is 12. The van der Waals surface area contributed by atoms with E-state index in [4.69, 9.17) is 29.5 Å². The molecule has 0 fully saturated rings. The minimum absolute atomic E-state index is 0.116. The molecule has 0 bridgehead atoms. The maximum Gasteiger partial charge on any atom is 0.315 e. The molecule has 0 aliphatic carbocycles. The maximum absolute atomic E-state index is 13.8. The van der Waals surface area contributed by atoms with Gasteiger partial charge in [0, 0.05) is 68.4 Å². The molecule has 3 unspecified atom stereocenters. The summed E-state index contributed by atoms with van der Waals surface area (Å²) in [5.41, 5.74) is 12.7. The van der Waals surface area contributed by atoms with Gasteiger partial charge in [0.2, 0.25) is 0 Å². The van der Waals surface area contributed by atoms with E-state index in [1.807, 2.05) is 280 Å². The summed E-state index contributed by atoms with van der Waals surface area (Å²) in [5.74, 6) is -1.62. The number of hydrogen-bond acceptors (Lipinski definition) is 21. The summed E-state index contributed by atoms with van der Waals surface area (Å²) in [6.07, 6.45) is 2.76. The smallest absolute Gasteiger partial charge is 0.315 e. The predicted molar refractivity (Wildman–Crippen MR) is 483 cm³/mol. The van der Waals surface area contributed by atoms with Gasteiger partial charge < -0.3 is 44.2 Å². The Labute approximate surface area is 698 Å². The summed E-state index contributed by atoms with van der Waals surface area (Å²) >= 11 is 3.59. The molecule has 0 spiro atoms. The van der Waals surface area contributed by atoms with Gasteiger partial charge in [0.1, 0.15) is 19.8 Å². The van der Waals surface area contributed by atoms with Gasteiger partial charge in [-0.25, -0.2) is 0 Å². The number of aliphatic hydroxyl groups is 3. The lowest BCUT2D eigenvalue weighted by Gasteiger charge is -2.31. The molecule has 0 aliphatic rings. The number of para-hydroxylation sites is 9. The summed E-state index contributed by atoms with van der Waals surface area (Å²) in [6.45, 7) is 1.38. The monoisotopic (exact) mass is 1610 g/mol. The quantitative estimate of drug-likeness (QED) is 0.0141. The lowest BCUT2D eigenvalue weighted by molar-refractivity contribution is -0.158. The normalized spacial score (nSPS) is 12.6. The van der Waals surface area contributed by atoms with Crippen molar-refractivity contribution >= 4 is 140 Å². The van der Waals surface area contributed by atoms with Crippen molar-refractivity contribution in [1.29, 1.82) is 0 Å². The molecule has 596 valence electrons. The third-order valence-corrected chi connectivity index (χ3v) is 22.0. The van der Waals surface area contributed by atoms with E-state index >= 15 is 0 Å². The second kappa shape index (κ2) is 44.6. The van der Waals surface area contributed by atoms with Crippen LogP contribution in [0.25, 0.3) is 0 Å². The lowest BCUT2D eigenvalue weighted by atomic mass is 9.88. The van der Waals surface area contributed by atoms with Crippen LogP contribution in [0.5, 0.6) is 0 Å². The zero-order chi connectivity index (χ0) is 81.1. The number of aliphatic hydroxyl groups excluding tert-OH is 3. The Balaban J connectivity index is 0.658. The topological polar surface area (TPSA) is 196 Å². The highest BCUT2D eigenvalue weighted by Gasteiger charge is 2.35. The Morgan fingerprint density at radius 2 is 0.487 bits per heavy atom. The molecule has 0 amide bonds. The molecule has 0 aromatic heterocycles. The zero-order valence-corrected chi connectivity index (χ0v) is 67.6. The molecule has 18 nitrogen and oxygen atoms in total. The van der Waals surface area contributed by atoms with Crippen LogP contribution in [0.3, 0.4) is 0 Å². The van der Waals surface area contributed by atoms with Crippen molar-refractivity contribution in [1.82, 2.24) is 0 Å². The molecular weight excluding hydrogens is 1520 g/mol. The Bertz CT molecular complexity index is 4410. The van der Waals surface area contributed by atoms with E-state index in [1.165, 1.54) is 35.3 Å². The Morgan fingerprint density at radius 3 is 0.684 bits per heavy atom. The van der Waals surface area contributed by atoms with Crippen molar-refractivity contribution < 1.29 is 43.9 Å². The molecule has 21 heteroatoms. The predicted octanol–water partition coefficient (Wildman–Crippen LogP) is 19.3. The fourth-order valence-corrected chi connectivity index (χ4v) is 14.9. The Morgan fingerprint density at radius 1 is 0.299 bits per heavy atom. The van der Waals surface area contributed by atoms with Gasteiger partial charge in [-0.2, -0.15) is 15.3 Å². The highest BCUT2D eigenvalue weighted by Crippen LogP contribution is 2.38. The average molecular weight is 1620 g/mol. The van der Waals surface area contributed by atoms with Crippen molar-refractivity contribution in [3.63, 3.8) is 0 Å². The van der Waals surface area contributed by atoms with Crippen LogP contribution < -0.4 is 29.7 Å². The summed E-state index contributed by atoms with van der Waals surface area (Å²) in [5, 5.41) is 54.3. The van der Waals surface area contributed by atoms with Crippen LogP contribution in [0.1, 0.15) is 30.0 Å². The highest BCUT2D eigenvalue weighted by molar-refractivity contribution is 8.00. The minimum Gasteiger partial charge on any atom is -0.464 e. The fourth-order valence-electron chi connectivity index (χ4n) is 12.6. The van der Waals surface area contributed by atoms with E-state index in [0.717, 1.165) is 84.9 Å². The molecule has 0 saturated heterocycles. The Hall–Kier alpha value is -12.2. The van der Waals surface area contributed by atoms with Crippen molar-refractivity contribution in [3.05, 3.63) is 362 Å². The number of carbonyl (C=O) groups is 3. The second-order valence-electron chi connectivity index (χ2n) is 27.6. The SMILES string of the molecule is CCC(COC(=O)CSCC(O)CN(N=Cc1ccc(N(c2ccccc2)c2ccccc2)cc1)c1ccccc1)(COC(=O)CSCC(O)CN(N=Cc1ccc(N(c2ccccc2)c2ccccc2)cc1)c1ccccc1)COC(=O)CSCC(O)CN(N=Cc1ccc(N(c2ccccc2)c2ccccc2)cc1)c1ccccc1. The van der Waals surface area contributed by atoms with Crippen molar-refractivity contribution in [2.45, 2.75) is 31.7 Å². The van der Waals surface area contributed by atoms with E-state index in [-0.39, 0.29) is 80.4 Å². The minimum atomic E-state index is -1.17. The number of benzene rings is 12. The number of thioether (sulfide) groups is 3. The highest BCUT2D eigenvalue weighted by atomic mass is 32.2. The van der Waals surface area contributed by atoms with E-state index in [2.05, 4.69) is 87.5 Å². The van der Waals surface area contributed by atoms with E-state index < -0.39 is 41.6 Å². The van der Waals surface area contributed by atoms with Gasteiger partial charge >= 0.3 is 17.9 Å². The second-order valence-corrected chi connectivity index (χ2v) is 30.7. The number of hydrazone groups is 3. The molecule has 12 rings (SSSR count). The molecule has 0 saturated carbocycles. The van der Waals surface area contributed by atoms with Crippen LogP contribution in [0.2, 0.25) is 0 Å². The number of carbonyl (C=O) groups excluding carboxylic acids is 3. The number of nitrogens with zero attached hydrogens (tertiary/aromatic N) is 9. The average Bonchev–Trinajstić information content (AvgIpc) is 0.815. The van der Waals surface area contributed by atoms with E-state index in [0.29, 0.717) is 0 Å². The molecule has 0 aliphatic heterocycles. The first-order chi connectivity index (χ1) is 57.4. The van der Waals surface area contributed by atoms with Crippen molar-refractivity contribution in [2.75, 3.05) is 104 Å². The van der Waals surface area contributed by atoms with Crippen molar-refractivity contribution in [2.24, 2.45) is 20.7 Å². The fraction of sp³-hybridized carbons (Fsp3) is 0.188. The first-order valence-electron chi connectivity index (χ1n) is 38.8. The number of hydrogen-bond donors (Lipinski definition) is 3. The maximum atomic E-state index is 13.8. The largest absolute Gasteiger partial charge is 0.464 e. The number of esters is 3. The van der Waals surface area contributed by atoms with Crippen LogP contribution in [0, 0.1) is 5.41 Å². The van der Waals surface area contributed by atoms with Gasteiger partial charge in [-0.1, -0.05) is 207 Å². The van der Waals surface area contributed by atoms with Crippen molar-refractivity contribution in [3.8, 4) is 0 Å². The van der Waals surface area contributed by atoms with Gasteiger partial charge in [0.25, 0.3) is 0 Å². The summed E-state index contributed by atoms with van der Waals surface area (Å²) in [4.78, 5) is 47.8.